The molecule has 1 saturated heterocycles. The number of hydrogen-bond acceptors (Lipinski definition) is 4. The zero-order valence-electron chi connectivity index (χ0n) is 11.2. The first-order valence-electron chi connectivity index (χ1n) is 7.18. The van der Waals surface area contributed by atoms with Crippen LogP contribution in [0.1, 0.15) is 38.5 Å². The summed E-state index contributed by atoms with van der Waals surface area (Å²) < 4.78 is 1.53. The van der Waals surface area contributed by atoms with Crippen molar-refractivity contribution in [2.24, 2.45) is 5.92 Å². The van der Waals surface area contributed by atoms with Crippen LogP contribution in [-0.2, 0) is 11.3 Å². The van der Waals surface area contributed by atoms with Crippen LogP contribution in [0, 0.1) is 5.92 Å². The number of anilines is 1. The summed E-state index contributed by atoms with van der Waals surface area (Å²) in [6, 6.07) is 0.455. The summed E-state index contributed by atoms with van der Waals surface area (Å²) in [5.74, 6) is 1.09. The standard InChI is InChI=1S/C13H21N5O/c14-13-15-9-17(16-13)8-12(19)18-7-3-6-11(18)10-4-1-2-5-10/h9-11H,1-8H2,(H2,14,16). The highest BCUT2D eigenvalue weighted by molar-refractivity contribution is 5.76. The zero-order chi connectivity index (χ0) is 13.2. The Hall–Kier alpha value is -1.59. The third-order valence-corrected chi connectivity index (χ3v) is 4.42. The Balaban J connectivity index is 1.64. The third kappa shape index (κ3) is 2.57. The highest BCUT2D eigenvalue weighted by atomic mass is 16.2. The number of likely N-dealkylation sites (tertiary alicyclic amines) is 1. The summed E-state index contributed by atoms with van der Waals surface area (Å²) in [4.78, 5) is 18.3. The molecule has 1 aromatic heterocycles. The van der Waals surface area contributed by atoms with E-state index in [9.17, 15) is 4.79 Å². The van der Waals surface area contributed by atoms with E-state index in [0.29, 0.717) is 12.0 Å². The lowest BCUT2D eigenvalue weighted by atomic mass is 9.96. The highest BCUT2D eigenvalue weighted by Gasteiger charge is 2.35. The van der Waals surface area contributed by atoms with Gasteiger partial charge in [-0.3, -0.25) is 4.79 Å². The molecular formula is C13H21N5O. The smallest absolute Gasteiger partial charge is 0.244 e. The zero-order valence-corrected chi connectivity index (χ0v) is 11.2. The van der Waals surface area contributed by atoms with Gasteiger partial charge in [0.1, 0.15) is 12.9 Å². The van der Waals surface area contributed by atoms with Crippen molar-refractivity contribution in [1.29, 1.82) is 0 Å². The van der Waals surface area contributed by atoms with Gasteiger partial charge in [0, 0.05) is 12.6 Å². The van der Waals surface area contributed by atoms with Crippen LogP contribution < -0.4 is 5.73 Å². The minimum Gasteiger partial charge on any atom is -0.367 e. The molecule has 6 nitrogen and oxygen atoms in total. The molecule has 1 aromatic rings. The van der Waals surface area contributed by atoms with Crippen LogP contribution in [0.5, 0.6) is 0 Å². The molecule has 0 radical (unpaired) electrons. The molecule has 1 amide bonds. The fourth-order valence-corrected chi connectivity index (χ4v) is 3.55. The Bertz CT molecular complexity index is 452. The van der Waals surface area contributed by atoms with E-state index >= 15 is 0 Å². The van der Waals surface area contributed by atoms with Crippen molar-refractivity contribution < 1.29 is 4.79 Å². The maximum atomic E-state index is 12.4. The molecule has 1 atom stereocenters. The lowest BCUT2D eigenvalue weighted by Crippen LogP contribution is -2.41. The molecule has 1 unspecified atom stereocenters. The van der Waals surface area contributed by atoms with Gasteiger partial charge in [0.05, 0.1) is 0 Å². The van der Waals surface area contributed by atoms with Gasteiger partial charge in [0.15, 0.2) is 0 Å². The van der Waals surface area contributed by atoms with Crippen molar-refractivity contribution in [2.45, 2.75) is 51.1 Å². The number of aromatic nitrogens is 3. The number of nitrogen functional groups attached to an aromatic ring is 1. The van der Waals surface area contributed by atoms with Crippen LogP contribution in [0.15, 0.2) is 6.33 Å². The average Bonchev–Trinajstić information content (AvgIpc) is 3.07. The van der Waals surface area contributed by atoms with Crippen molar-refractivity contribution in [3.8, 4) is 0 Å². The molecule has 1 aliphatic carbocycles. The van der Waals surface area contributed by atoms with Gasteiger partial charge in [-0.1, -0.05) is 12.8 Å². The van der Waals surface area contributed by atoms with E-state index in [2.05, 4.69) is 15.0 Å². The summed E-state index contributed by atoms with van der Waals surface area (Å²) in [6.45, 7) is 1.15. The van der Waals surface area contributed by atoms with E-state index < -0.39 is 0 Å². The molecule has 2 aliphatic rings. The van der Waals surface area contributed by atoms with E-state index in [4.69, 9.17) is 5.73 Å². The fourth-order valence-electron chi connectivity index (χ4n) is 3.55. The number of hydrogen-bond donors (Lipinski definition) is 1. The maximum absolute atomic E-state index is 12.4. The van der Waals surface area contributed by atoms with Gasteiger partial charge in [-0.15, -0.1) is 5.10 Å². The molecule has 6 heteroatoms. The molecule has 19 heavy (non-hydrogen) atoms. The van der Waals surface area contributed by atoms with E-state index in [1.54, 1.807) is 0 Å². The van der Waals surface area contributed by atoms with Gasteiger partial charge in [-0.2, -0.15) is 0 Å². The minimum atomic E-state index is 0.152. The van der Waals surface area contributed by atoms with Gasteiger partial charge in [0.2, 0.25) is 11.9 Å². The van der Waals surface area contributed by atoms with Gasteiger partial charge < -0.3 is 10.6 Å². The molecule has 1 saturated carbocycles. The number of nitrogens with two attached hydrogens (primary N) is 1. The Morgan fingerprint density at radius 1 is 1.32 bits per heavy atom. The minimum absolute atomic E-state index is 0.152. The number of carbonyl (C=O) groups excluding carboxylic acids is 1. The first-order valence-corrected chi connectivity index (χ1v) is 7.18. The molecule has 2 N–H and O–H groups in total. The van der Waals surface area contributed by atoms with Crippen LogP contribution in [0.4, 0.5) is 5.95 Å². The second-order valence-corrected chi connectivity index (χ2v) is 5.64. The molecular weight excluding hydrogens is 242 g/mol. The number of amides is 1. The van der Waals surface area contributed by atoms with Gasteiger partial charge in [-0.25, -0.2) is 9.67 Å². The Labute approximate surface area is 113 Å². The van der Waals surface area contributed by atoms with Crippen LogP contribution in [-0.4, -0.2) is 38.2 Å². The van der Waals surface area contributed by atoms with Crippen LogP contribution in [0.2, 0.25) is 0 Å². The van der Waals surface area contributed by atoms with Crippen molar-refractivity contribution in [2.75, 3.05) is 12.3 Å². The summed E-state index contributed by atoms with van der Waals surface area (Å²) in [7, 11) is 0. The largest absolute Gasteiger partial charge is 0.367 e. The van der Waals surface area contributed by atoms with E-state index in [0.717, 1.165) is 19.4 Å². The molecule has 0 bridgehead atoms. The Kier molecular flexibility index (Phi) is 3.40. The van der Waals surface area contributed by atoms with Gasteiger partial charge in [0.25, 0.3) is 0 Å². The van der Waals surface area contributed by atoms with E-state index in [-0.39, 0.29) is 18.4 Å². The van der Waals surface area contributed by atoms with Crippen molar-refractivity contribution in [3.63, 3.8) is 0 Å². The van der Waals surface area contributed by atoms with Gasteiger partial charge >= 0.3 is 0 Å². The predicted octanol–water partition coefficient (Wildman–Crippen LogP) is 1.04. The summed E-state index contributed by atoms with van der Waals surface area (Å²) in [5, 5.41) is 3.98. The van der Waals surface area contributed by atoms with Crippen molar-refractivity contribution in [1.82, 2.24) is 19.7 Å². The number of carbonyl (C=O) groups is 1. The normalized spacial score (nSPS) is 24.2. The van der Waals surface area contributed by atoms with Crippen LogP contribution in [0.25, 0.3) is 0 Å². The van der Waals surface area contributed by atoms with Crippen molar-refractivity contribution >= 4 is 11.9 Å². The van der Waals surface area contributed by atoms with Gasteiger partial charge in [-0.05, 0) is 31.6 Å². The fraction of sp³-hybridized carbons (Fsp3) is 0.769. The molecule has 1 aliphatic heterocycles. The molecule has 104 valence electrons. The Morgan fingerprint density at radius 2 is 2.11 bits per heavy atom. The second-order valence-electron chi connectivity index (χ2n) is 5.64. The molecule has 0 aromatic carbocycles. The molecule has 0 spiro atoms. The average molecular weight is 263 g/mol. The quantitative estimate of drug-likeness (QED) is 0.884. The lowest BCUT2D eigenvalue weighted by molar-refractivity contribution is -0.133. The summed E-state index contributed by atoms with van der Waals surface area (Å²) >= 11 is 0. The molecule has 3 rings (SSSR count). The summed E-state index contributed by atoms with van der Waals surface area (Å²) in [6.07, 6.45) is 9.03. The molecule has 2 heterocycles. The Morgan fingerprint density at radius 3 is 2.79 bits per heavy atom. The SMILES string of the molecule is Nc1ncn(CC(=O)N2CCCC2C2CCCC2)n1. The topological polar surface area (TPSA) is 77.0 Å². The predicted molar refractivity (Wildman–Crippen MR) is 71.1 cm³/mol. The van der Waals surface area contributed by atoms with E-state index in [1.165, 1.54) is 36.7 Å². The number of nitrogens with zero attached hydrogens (tertiary/aromatic N) is 4. The third-order valence-electron chi connectivity index (χ3n) is 4.42. The van der Waals surface area contributed by atoms with Crippen LogP contribution in [0.3, 0.4) is 0 Å². The summed E-state index contributed by atoms with van der Waals surface area (Å²) in [5.41, 5.74) is 5.47. The first-order chi connectivity index (χ1) is 9.24. The maximum Gasteiger partial charge on any atom is 0.244 e. The highest BCUT2D eigenvalue weighted by Crippen LogP contribution is 2.35. The second kappa shape index (κ2) is 5.19. The first kappa shape index (κ1) is 12.4. The monoisotopic (exact) mass is 263 g/mol. The molecule has 2 fully saturated rings. The number of rotatable bonds is 3. The van der Waals surface area contributed by atoms with Crippen LogP contribution >= 0.6 is 0 Å². The lowest BCUT2D eigenvalue weighted by Gasteiger charge is -2.29. The van der Waals surface area contributed by atoms with Crippen molar-refractivity contribution in [3.05, 3.63) is 6.33 Å². The van der Waals surface area contributed by atoms with E-state index in [1.807, 2.05) is 0 Å².